The predicted molar refractivity (Wildman–Crippen MR) is 83.4 cm³/mol. The largest absolute Gasteiger partial charge is 0.461 e. The first-order chi connectivity index (χ1) is 9.92. The maximum atomic E-state index is 12.0. The van der Waals surface area contributed by atoms with Gasteiger partial charge in [0.05, 0.1) is 11.5 Å². The van der Waals surface area contributed by atoms with E-state index in [1.807, 2.05) is 22.2 Å². The number of carbonyl (C=O) groups excluding carboxylic acids is 1. The fraction of sp³-hybridized carbons (Fsp3) is 0.533. The molecular weight excluding hydrogens is 286 g/mol. The normalized spacial score (nSPS) is 11.6. The van der Waals surface area contributed by atoms with Gasteiger partial charge in [-0.2, -0.15) is 0 Å². The number of nitrogens with zero attached hydrogens (tertiary/aromatic N) is 3. The first-order valence-electron chi connectivity index (χ1n) is 7.07. The van der Waals surface area contributed by atoms with E-state index in [9.17, 15) is 4.79 Å². The van der Waals surface area contributed by atoms with Crippen LogP contribution in [-0.2, 0) is 11.3 Å². The second kappa shape index (κ2) is 6.39. The van der Waals surface area contributed by atoms with E-state index in [1.165, 1.54) is 0 Å². The van der Waals surface area contributed by atoms with Gasteiger partial charge in [0.1, 0.15) is 5.69 Å². The number of aryl methyl sites for hydroxylation is 1. The van der Waals surface area contributed by atoms with Crippen LogP contribution in [0.1, 0.15) is 44.6 Å². The maximum absolute atomic E-state index is 12.0. The van der Waals surface area contributed by atoms with Crippen molar-refractivity contribution < 1.29 is 9.53 Å². The summed E-state index contributed by atoms with van der Waals surface area (Å²) in [6.45, 7) is 9.39. The van der Waals surface area contributed by atoms with E-state index < -0.39 is 5.97 Å². The molecule has 0 amide bonds. The van der Waals surface area contributed by atoms with Crippen molar-refractivity contribution in [2.45, 2.75) is 40.7 Å². The molecule has 6 heteroatoms. The molecule has 0 fully saturated rings. The van der Waals surface area contributed by atoms with Gasteiger partial charge in [0.25, 0.3) is 0 Å². The average Bonchev–Trinajstić information content (AvgIpc) is 3.04. The Morgan fingerprint density at radius 1 is 1.43 bits per heavy atom. The molecule has 0 saturated carbocycles. The molecule has 2 heterocycles. The van der Waals surface area contributed by atoms with Gasteiger partial charge in [-0.3, -0.25) is 0 Å². The van der Waals surface area contributed by atoms with Crippen molar-refractivity contribution >= 4 is 17.3 Å². The Bertz CT molecular complexity index is 597. The summed E-state index contributed by atoms with van der Waals surface area (Å²) in [6, 6.07) is 3.93. The summed E-state index contributed by atoms with van der Waals surface area (Å²) in [5.74, 6) is -0.414. The summed E-state index contributed by atoms with van der Waals surface area (Å²) in [5, 5.41) is 10.2. The number of rotatable bonds is 5. The van der Waals surface area contributed by atoms with Crippen molar-refractivity contribution in [3.8, 4) is 10.6 Å². The highest BCUT2D eigenvalue weighted by molar-refractivity contribution is 7.13. The number of esters is 1. The fourth-order valence-electron chi connectivity index (χ4n) is 1.91. The zero-order chi connectivity index (χ0) is 15.5. The van der Waals surface area contributed by atoms with E-state index in [4.69, 9.17) is 4.74 Å². The second-order valence-electron chi connectivity index (χ2n) is 6.02. The van der Waals surface area contributed by atoms with Gasteiger partial charge in [-0.15, -0.1) is 16.4 Å². The van der Waals surface area contributed by atoms with Crippen LogP contribution in [0.2, 0.25) is 0 Å². The molecule has 0 radical (unpaired) electrons. The molecule has 2 aromatic heterocycles. The quantitative estimate of drug-likeness (QED) is 0.792. The Hall–Kier alpha value is -1.69. The molecule has 21 heavy (non-hydrogen) atoms. The van der Waals surface area contributed by atoms with E-state index in [0.29, 0.717) is 12.3 Å². The molecule has 2 rings (SSSR count). The molecule has 0 unspecified atom stereocenters. The predicted octanol–water partition coefficient (Wildman–Crippen LogP) is 3.62. The molecule has 0 spiro atoms. The SMILES string of the molecule is CCOC(=O)c1nnn(CCC(C)(C)C)c1-c1cccs1. The van der Waals surface area contributed by atoms with Crippen LogP contribution >= 0.6 is 11.3 Å². The molecule has 114 valence electrons. The monoisotopic (exact) mass is 307 g/mol. The fourth-order valence-corrected chi connectivity index (χ4v) is 2.68. The van der Waals surface area contributed by atoms with E-state index >= 15 is 0 Å². The van der Waals surface area contributed by atoms with Gasteiger partial charge in [0.15, 0.2) is 5.69 Å². The highest BCUT2D eigenvalue weighted by Gasteiger charge is 2.23. The van der Waals surface area contributed by atoms with Crippen molar-refractivity contribution in [1.82, 2.24) is 15.0 Å². The standard InChI is InChI=1S/C15H21N3O2S/c1-5-20-14(19)12-13(11-7-6-10-21-11)18(17-16-12)9-8-15(2,3)4/h6-7,10H,5,8-9H2,1-4H3. The summed E-state index contributed by atoms with van der Waals surface area (Å²) in [6.07, 6.45) is 0.955. The Morgan fingerprint density at radius 3 is 2.76 bits per heavy atom. The van der Waals surface area contributed by atoms with Crippen LogP contribution in [0.3, 0.4) is 0 Å². The lowest BCUT2D eigenvalue weighted by Gasteiger charge is -2.18. The molecule has 0 bridgehead atoms. The van der Waals surface area contributed by atoms with Crippen LogP contribution in [0.15, 0.2) is 17.5 Å². The third kappa shape index (κ3) is 3.91. The summed E-state index contributed by atoms with van der Waals surface area (Å²) < 4.78 is 6.88. The third-order valence-corrected chi connectivity index (χ3v) is 3.91. The number of carbonyl (C=O) groups is 1. The van der Waals surface area contributed by atoms with Gasteiger partial charge >= 0.3 is 5.97 Å². The topological polar surface area (TPSA) is 57.0 Å². The van der Waals surface area contributed by atoms with E-state index in [1.54, 1.807) is 18.3 Å². The number of aromatic nitrogens is 3. The Morgan fingerprint density at radius 2 is 2.19 bits per heavy atom. The highest BCUT2D eigenvalue weighted by Crippen LogP contribution is 2.29. The summed E-state index contributed by atoms with van der Waals surface area (Å²) in [5.41, 5.74) is 1.25. The Balaban J connectivity index is 2.35. The Kier molecular flexibility index (Phi) is 4.77. The van der Waals surface area contributed by atoms with Crippen molar-refractivity contribution in [1.29, 1.82) is 0 Å². The van der Waals surface area contributed by atoms with Crippen LogP contribution in [0.5, 0.6) is 0 Å². The highest BCUT2D eigenvalue weighted by atomic mass is 32.1. The van der Waals surface area contributed by atoms with Gasteiger partial charge < -0.3 is 4.74 Å². The summed E-state index contributed by atoms with van der Waals surface area (Å²) in [7, 11) is 0. The molecule has 0 aliphatic rings. The van der Waals surface area contributed by atoms with Gasteiger partial charge in [-0.1, -0.05) is 32.1 Å². The molecule has 0 aromatic carbocycles. The zero-order valence-corrected chi connectivity index (χ0v) is 13.7. The minimum atomic E-state index is -0.414. The minimum absolute atomic E-state index is 0.197. The molecular formula is C15H21N3O2S. The van der Waals surface area contributed by atoms with Gasteiger partial charge in [0.2, 0.25) is 0 Å². The Labute approximate surface area is 128 Å². The minimum Gasteiger partial charge on any atom is -0.461 e. The lowest BCUT2D eigenvalue weighted by Crippen LogP contribution is -2.13. The molecule has 0 aliphatic carbocycles. The van der Waals surface area contributed by atoms with Gasteiger partial charge in [-0.25, -0.2) is 9.48 Å². The van der Waals surface area contributed by atoms with Crippen LogP contribution in [0.4, 0.5) is 0 Å². The average molecular weight is 307 g/mol. The molecule has 0 N–H and O–H groups in total. The van der Waals surface area contributed by atoms with Crippen molar-refractivity contribution in [2.24, 2.45) is 5.41 Å². The van der Waals surface area contributed by atoms with E-state index in [2.05, 4.69) is 31.1 Å². The van der Waals surface area contributed by atoms with Gasteiger partial charge in [-0.05, 0) is 30.2 Å². The van der Waals surface area contributed by atoms with Gasteiger partial charge in [0, 0.05) is 6.54 Å². The van der Waals surface area contributed by atoms with Crippen LogP contribution in [-0.4, -0.2) is 27.6 Å². The second-order valence-corrected chi connectivity index (χ2v) is 6.97. The van der Waals surface area contributed by atoms with Crippen LogP contribution in [0.25, 0.3) is 10.6 Å². The molecule has 0 atom stereocenters. The lowest BCUT2D eigenvalue weighted by atomic mass is 9.92. The van der Waals surface area contributed by atoms with Crippen LogP contribution in [0, 0.1) is 5.41 Å². The third-order valence-electron chi connectivity index (χ3n) is 3.03. The zero-order valence-electron chi connectivity index (χ0n) is 12.9. The lowest BCUT2D eigenvalue weighted by molar-refractivity contribution is 0.0520. The summed E-state index contributed by atoms with van der Waals surface area (Å²) >= 11 is 1.57. The molecule has 0 aliphatic heterocycles. The van der Waals surface area contributed by atoms with Crippen molar-refractivity contribution in [2.75, 3.05) is 6.61 Å². The molecule has 0 saturated heterocycles. The molecule has 5 nitrogen and oxygen atoms in total. The maximum Gasteiger partial charge on any atom is 0.361 e. The van der Waals surface area contributed by atoms with E-state index in [-0.39, 0.29) is 5.41 Å². The first-order valence-corrected chi connectivity index (χ1v) is 7.95. The van der Waals surface area contributed by atoms with Crippen molar-refractivity contribution in [3.63, 3.8) is 0 Å². The van der Waals surface area contributed by atoms with Crippen LogP contribution < -0.4 is 0 Å². The summed E-state index contributed by atoms with van der Waals surface area (Å²) in [4.78, 5) is 13.0. The van der Waals surface area contributed by atoms with Crippen molar-refractivity contribution in [3.05, 3.63) is 23.2 Å². The number of hydrogen-bond acceptors (Lipinski definition) is 5. The molecule has 2 aromatic rings. The first kappa shape index (κ1) is 15.7. The number of hydrogen-bond donors (Lipinski definition) is 0. The van der Waals surface area contributed by atoms with E-state index in [0.717, 1.165) is 23.5 Å². The number of thiophene rings is 1. The smallest absolute Gasteiger partial charge is 0.361 e. The number of ether oxygens (including phenoxy) is 1.